The van der Waals surface area contributed by atoms with Gasteiger partial charge in [0, 0.05) is 9.86 Å². The van der Waals surface area contributed by atoms with E-state index in [1.165, 1.54) is 10.7 Å². The fourth-order valence-corrected chi connectivity index (χ4v) is 3.49. The highest BCUT2D eigenvalue weighted by molar-refractivity contribution is 9.10. The van der Waals surface area contributed by atoms with Gasteiger partial charge >= 0.3 is 6.18 Å². The molecular formula is C13H11BrClF3N2O. The molecule has 0 atom stereocenters. The zero-order chi connectivity index (χ0) is 15.6. The van der Waals surface area contributed by atoms with Crippen molar-refractivity contribution in [1.82, 2.24) is 9.78 Å². The van der Waals surface area contributed by atoms with Crippen LogP contribution >= 0.6 is 27.5 Å². The van der Waals surface area contributed by atoms with Gasteiger partial charge in [-0.05, 0) is 31.9 Å². The summed E-state index contributed by atoms with van der Waals surface area (Å²) in [5, 5.41) is 14.1. The molecule has 1 saturated carbocycles. The van der Waals surface area contributed by atoms with E-state index in [2.05, 4.69) is 21.0 Å². The molecule has 0 unspecified atom stereocenters. The highest BCUT2D eigenvalue weighted by atomic mass is 79.9. The van der Waals surface area contributed by atoms with Gasteiger partial charge < -0.3 is 5.11 Å². The van der Waals surface area contributed by atoms with Gasteiger partial charge in [-0.1, -0.05) is 27.5 Å². The summed E-state index contributed by atoms with van der Waals surface area (Å²) < 4.78 is 41.4. The van der Waals surface area contributed by atoms with Crippen LogP contribution in [0.3, 0.4) is 0 Å². The summed E-state index contributed by atoms with van der Waals surface area (Å²) in [6.45, 7) is 1.65. The van der Waals surface area contributed by atoms with Crippen molar-refractivity contribution >= 4 is 38.4 Å². The number of nitrogens with zero attached hydrogens (tertiary/aromatic N) is 2. The van der Waals surface area contributed by atoms with Crippen molar-refractivity contribution in [3.63, 3.8) is 0 Å². The molecule has 1 N–H and O–H groups in total. The zero-order valence-electron chi connectivity index (χ0n) is 10.9. The van der Waals surface area contributed by atoms with Crippen molar-refractivity contribution in [1.29, 1.82) is 0 Å². The summed E-state index contributed by atoms with van der Waals surface area (Å²) in [5.41, 5.74) is -1.67. The predicted octanol–water partition coefficient (Wildman–Crippen LogP) is 4.56. The Morgan fingerprint density at radius 2 is 2.05 bits per heavy atom. The van der Waals surface area contributed by atoms with Crippen LogP contribution in [0.2, 0.25) is 5.15 Å². The number of alkyl halides is 3. The number of halogens is 5. The quantitative estimate of drug-likeness (QED) is 0.784. The van der Waals surface area contributed by atoms with Gasteiger partial charge in [0.1, 0.15) is 0 Å². The topological polar surface area (TPSA) is 38.0 Å². The van der Waals surface area contributed by atoms with E-state index in [4.69, 9.17) is 11.6 Å². The molecule has 1 aliphatic carbocycles. The van der Waals surface area contributed by atoms with Crippen molar-refractivity contribution in [3.05, 3.63) is 27.3 Å². The first-order valence-corrected chi connectivity index (χ1v) is 7.42. The third-order valence-electron chi connectivity index (χ3n) is 3.72. The molecule has 1 aromatic carbocycles. The largest absolute Gasteiger partial charge is 0.418 e. The first-order valence-electron chi connectivity index (χ1n) is 6.25. The van der Waals surface area contributed by atoms with Crippen molar-refractivity contribution in [3.8, 4) is 0 Å². The van der Waals surface area contributed by atoms with E-state index < -0.39 is 17.3 Å². The monoisotopic (exact) mass is 382 g/mol. The van der Waals surface area contributed by atoms with Crippen LogP contribution in [0.25, 0.3) is 10.9 Å². The summed E-state index contributed by atoms with van der Waals surface area (Å²) in [6, 6.07) is 2.26. The van der Waals surface area contributed by atoms with Gasteiger partial charge in [0.2, 0.25) is 0 Å². The molecule has 1 heterocycles. The van der Waals surface area contributed by atoms with E-state index in [0.717, 1.165) is 6.07 Å². The number of aliphatic hydroxyl groups is 1. The maximum absolute atomic E-state index is 13.3. The summed E-state index contributed by atoms with van der Waals surface area (Å²) >= 11 is 9.06. The van der Waals surface area contributed by atoms with Gasteiger partial charge in [0.15, 0.2) is 5.15 Å². The maximum Gasteiger partial charge on any atom is 0.418 e. The number of hydrogen-bond donors (Lipinski definition) is 1. The second-order valence-electron chi connectivity index (χ2n) is 5.64. The first kappa shape index (κ1) is 15.1. The van der Waals surface area contributed by atoms with E-state index >= 15 is 0 Å². The van der Waals surface area contributed by atoms with Crippen molar-refractivity contribution in [2.45, 2.75) is 37.6 Å². The van der Waals surface area contributed by atoms with Gasteiger partial charge in [-0.15, -0.1) is 0 Å². The number of benzene rings is 1. The van der Waals surface area contributed by atoms with Crippen LogP contribution in [0.5, 0.6) is 0 Å². The molecule has 2 aromatic rings. The molecule has 21 heavy (non-hydrogen) atoms. The first-order chi connectivity index (χ1) is 9.58. The highest BCUT2D eigenvalue weighted by Crippen LogP contribution is 2.46. The van der Waals surface area contributed by atoms with E-state index in [1.54, 1.807) is 6.92 Å². The highest BCUT2D eigenvalue weighted by Gasteiger charge is 2.43. The number of aromatic nitrogens is 2. The van der Waals surface area contributed by atoms with Gasteiger partial charge in [-0.3, -0.25) is 4.68 Å². The Morgan fingerprint density at radius 1 is 1.43 bits per heavy atom. The number of fused-ring (bicyclic) bond motifs is 1. The minimum atomic E-state index is -4.50. The minimum Gasteiger partial charge on any atom is -0.390 e. The predicted molar refractivity (Wildman–Crippen MR) is 76.3 cm³/mol. The smallest absolute Gasteiger partial charge is 0.390 e. The second kappa shape index (κ2) is 4.60. The fraction of sp³-hybridized carbons (Fsp3) is 0.462. The summed E-state index contributed by atoms with van der Waals surface area (Å²) in [7, 11) is 0. The standard InChI is InChI=1S/C13H11BrClF3N2O/c1-12(21)4-7(5-12)20-10-8(11(15)19-20)2-6(14)3-9(10)13(16,17)18/h2-3,7,21H,4-5H2,1H3. The molecule has 3 nitrogen and oxygen atoms in total. The van der Waals surface area contributed by atoms with Crippen molar-refractivity contribution in [2.75, 3.05) is 0 Å². The zero-order valence-corrected chi connectivity index (χ0v) is 13.2. The van der Waals surface area contributed by atoms with Crippen LogP contribution < -0.4 is 0 Å². The fourth-order valence-electron chi connectivity index (χ4n) is 2.81. The molecule has 3 rings (SSSR count). The van der Waals surface area contributed by atoms with Crippen LogP contribution in [-0.2, 0) is 6.18 Å². The van der Waals surface area contributed by atoms with E-state index in [-0.39, 0.29) is 22.1 Å². The van der Waals surface area contributed by atoms with Gasteiger partial charge in [-0.25, -0.2) is 0 Å². The molecule has 0 bridgehead atoms. The number of hydrogen-bond acceptors (Lipinski definition) is 2. The van der Waals surface area contributed by atoms with Gasteiger partial charge in [-0.2, -0.15) is 18.3 Å². The minimum absolute atomic E-state index is 0.0309. The SMILES string of the molecule is CC1(O)CC(n2nc(Cl)c3cc(Br)cc(C(F)(F)F)c32)C1. The second-order valence-corrected chi connectivity index (χ2v) is 6.92. The third-order valence-corrected chi connectivity index (χ3v) is 4.46. The lowest BCUT2D eigenvalue weighted by Gasteiger charge is -2.41. The Hall–Kier alpha value is -0.790. The summed E-state index contributed by atoms with van der Waals surface area (Å²) in [4.78, 5) is 0. The Labute approximate surface area is 131 Å². The molecule has 1 aromatic heterocycles. The van der Waals surface area contributed by atoms with Crippen molar-refractivity contribution in [2.24, 2.45) is 0 Å². The van der Waals surface area contributed by atoms with Gasteiger partial charge in [0.05, 0.1) is 22.7 Å². The molecule has 0 spiro atoms. The lowest BCUT2D eigenvalue weighted by Crippen LogP contribution is -2.42. The van der Waals surface area contributed by atoms with E-state index in [9.17, 15) is 18.3 Å². The molecule has 8 heteroatoms. The molecule has 0 radical (unpaired) electrons. The van der Waals surface area contributed by atoms with Crippen molar-refractivity contribution < 1.29 is 18.3 Å². The summed E-state index contributed by atoms with van der Waals surface area (Å²) in [5.74, 6) is 0. The molecule has 0 amide bonds. The average molecular weight is 384 g/mol. The van der Waals surface area contributed by atoms with Gasteiger partial charge in [0.25, 0.3) is 0 Å². The van der Waals surface area contributed by atoms with Crippen LogP contribution in [0, 0.1) is 0 Å². The van der Waals surface area contributed by atoms with E-state index in [1.807, 2.05) is 0 Å². The maximum atomic E-state index is 13.3. The van der Waals surface area contributed by atoms with Crippen LogP contribution in [0.4, 0.5) is 13.2 Å². The van der Waals surface area contributed by atoms with Crippen LogP contribution in [0.15, 0.2) is 16.6 Å². The molecule has 0 aliphatic heterocycles. The lowest BCUT2D eigenvalue weighted by atomic mass is 9.77. The summed E-state index contributed by atoms with van der Waals surface area (Å²) in [6.07, 6.45) is -3.80. The third kappa shape index (κ3) is 2.55. The molecular weight excluding hydrogens is 373 g/mol. The number of rotatable bonds is 1. The Balaban J connectivity index is 2.23. The Morgan fingerprint density at radius 3 is 2.57 bits per heavy atom. The normalized spacial score (nSPS) is 26.1. The Bertz CT molecular complexity index is 718. The van der Waals surface area contributed by atoms with Crippen LogP contribution in [-0.4, -0.2) is 20.5 Å². The van der Waals surface area contributed by atoms with E-state index in [0.29, 0.717) is 17.3 Å². The molecule has 1 aliphatic rings. The molecule has 0 saturated heterocycles. The lowest BCUT2D eigenvalue weighted by molar-refractivity contribution is -0.136. The average Bonchev–Trinajstić information content (AvgIpc) is 2.61. The van der Waals surface area contributed by atoms with Crippen LogP contribution in [0.1, 0.15) is 31.4 Å². The molecule has 1 fully saturated rings. The molecule has 114 valence electrons. The Kier molecular flexibility index (Phi) is 3.31.